The van der Waals surface area contributed by atoms with E-state index in [0.717, 1.165) is 0 Å². The van der Waals surface area contributed by atoms with Crippen LogP contribution in [0, 0.1) is 12.7 Å². The van der Waals surface area contributed by atoms with E-state index < -0.39 is 11.7 Å². The summed E-state index contributed by atoms with van der Waals surface area (Å²) in [4.78, 5) is 12.2. The van der Waals surface area contributed by atoms with Crippen molar-refractivity contribution in [2.75, 3.05) is 5.32 Å². The van der Waals surface area contributed by atoms with Crippen LogP contribution in [0.2, 0.25) is 0 Å². The Bertz CT molecular complexity index is 711. The first-order valence-corrected chi connectivity index (χ1v) is 6.39. The number of amides is 1. The Kier molecular flexibility index (Phi) is 4.33. The number of anilines is 1. The zero-order chi connectivity index (χ0) is 15.4. The molecule has 0 aliphatic rings. The van der Waals surface area contributed by atoms with Gasteiger partial charge in [0.05, 0.1) is 17.0 Å². The van der Waals surface area contributed by atoms with Crippen molar-refractivity contribution in [2.24, 2.45) is 5.16 Å². The van der Waals surface area contributed by atoms with Crippen molar-refractivity contribution in [3.63, 3.8) is 0 Å². The summed E-state index contributed by atoms with van der Waals surface area (Å²) in [5.41, 5.74) is 1.77. The summed E-state index contributed by atoms with van der Waals surface area (Å²) in [5.74, 6) is -1.09. The van der Waals surface area contributed by atoms with Gasteiger partial charge in [0.1, 0.15) is 5.82 Å². The Morgan fingerprint density at radius 3 is 2.52 bits per heavy atom. The van der Waals surface area contributed by atoms with Crippen LogP contribution in [0.5, 0.6) is 0 Å². The van der Waals surface area contributed by atoms with Crippen LogP contribution in [-0.4, -0.2) is 16.8 Å². The van der Waals surface area contributed by atoms with E-state index in [0.29, 0.717) is 22.5 Å². The highest BCUT2D eigenvalue weighted by molar-refractivity contribution is 6.10. The predicted octanol–water partition coefficient (Wildman–Crippen LogP) is 3.58. The molecule has 0 aliphatic heterocycles. The minimum absolute atomic E-state index is 0.0246. The third-order valence-corrected chi connectivity index (χ3v) is 3.15. The lowest BCUT2D eigenvalue weighted by molar-refractivity contribution is 0.102. The average molecular weight is 286 g/mol. The molecule has 1 amide bonds. The van der Waals surface area contributed by atoms with Gasteiger partial charge < -0.3 is 10.5 Å². The molecule has 4 nitrogen and oxygen atoms in total. The predicted molar refractivity (Wildman–Crippen MR) is 79.5 cm³/mol. The molecule has 2 aromatic carbocycles. The Morgan fingerprint density at radius 2 is 1.81 bits per heavy atom. The van der Waals surface area contributed by atoms with Crippen molar-refractivity contribution in [1.82, 2.24) is 0 Å². The molecule has 0 fully saturated rings. The van der Waals surface area contributed by atoms with Crippen LogP contribution in [0.25, 0.3) is 0 Å². The Hall–Kier alpha value is -2.69. The summed E-state index contributed by atoms with van der Waals surface area (Å²) in [6.45, 7) is 3.21. The largest absolute Gasteiger partial charge is 0.411 e. The fourth-order valence-corrected chi connectivity index (χ4v) is 1.97. The number of aryl methyl sites for hydroxylation is 1. The van der Waals surface area contributed by atoms with Crippen molar-refractivity contribution < 1.29 is 14.4 Å². The third kappa shape index (κ3) is 3.08. The van der Waals surface area contributed by atoms with Crippen molar-refractivity contribution >= 4 is 17.3 Å². The van der Waals surface area contributed by atoms with E-state index in [-0.39, 0.29) is 5.56 Å². The number of halogens is 1. The molecule has 0 atom stereocenters. The van der Waals surface area contributed by atoms with Crippen LogP contribution in [0.15, 0.2) is 47.6 Å². The zero-order valence-electron chi connectivity index (χ0n) is 11.7. The van der Waals surface area contributed by atoms with Gasteiger partial charge in [-0.3, -0.25) is 4.79 Å². The lowest BCUT2D eigenvalue weighted by atomic mass is 10.1. The monoisotopic (exact) mass is 286 g/mol. The maximum absolute atomic E-state index is 14.0. The van der Waals surface area contributed by atoms with E-state index >= 15 is 0 Å². The smallest absolute Gasteiger partial charge is 0.258 e. The number of para-hydroxylation sites is 1. The summed E-state index contributed by atoms with van der Waals surface area (Å²) in [6, 6.07) is 11.5. The van der Waals surface area contributed by atoms with Crippen molar-refractivity contribution in [3.05, 3.63) is 65.0 Å². The highest BCUT2D eigenvalue weighted by Gasteiger charge is 2.15. The number of oxime groups is 1. The Labute approximate surface area is 121 Å². The number of benzene rings is 2. The Morgan fingerprint density at radius 1 is 1.14 bits per heavy atom. The number of hydrogen-bond donors (Lipinski definition) is 2. The summed E-state index contributed by atoms with van der Waals surface area (Å²) in [7, 11) is 0. The Balaban J connectivity index is 2.35. The second-order valence-electron chi connectivity index (χ2n) is 4.62. The van der Waals surface area contributed by atoms with E-state index in [2.05, 4.69) is 10.5 Å². The van der Waals surface area contributed by atoms with Crippen LogP contribution in [0.3, 0.4) is 0 Å². The molecule has 0 unspecified atom stereocenters. The topological polar surface area (TPSA) is 61.7 Å². The van der Waals surface area contributed by atoms with Gasteiger partial charge in [-0.2, -0.15) is 0 Å². The molecule has 0 bridgehead atoms. The van der Waals surface area contributed by atoms with Crippen LogP contribution >= 0.6 is 0 Å². The highest BCUT2D eigenvalue weighted by atomic mass is 19.1. The van der Waals surface area contributed by atoms with E-state index in [4.69, 9.17) is 5.21 Å². The maximum Gasteiger partial charge on any atom is 0.258 e. The number of carbonyl (C=O) groups excluding carboxylic acids is 1. The summed E-state index contributed by atoms with van der Waals surface area (Å²) in [5, 5.41) is 14.6. The van der Waals surface area contributed by atoms with Crippen LogP contribution < -0.4 is 5.32 Å². The molecule has 0 saturated heterocycles. The molecular formula is C16H15FN2O2. The first-order chi connectivity index (χ1) is 10.0. The normalized spacial score (nSPS) is 11.3. The quantitative estimate of drug-likeness (QED) is 0.514. The second-order valence-corrected chi connectivity index (χ2v) is 4.62. The first kappa shape index (κ1) is 14.7. The molecule has 0 aliphatic carbocycles. The van der Waals surface area contributed by atoms with Gasteiger partial charge in [0.25, 0.3) is 5.91 Å². The number of carbonyl (C=O) groups is 1. The molecule has 2 rings (SSSR count). The molecule has 0 heterocycles. The molecule has 2 aromatic rings. The van der Waals surface area contributed by atoms with Gasteiger partial charge in [0.15, 0.2) is 0 Å². The van der Waals surface area contributed by atoms with Crippen molar-refractivity contribution in [1.29, 1.82) is 0 Å². The standard InChI is InChI=1S/C16H15FN2O2/c1-10-6-5-8-13(15(10)17)16(20)18-14-9-4-3-7-12(14)11(2)19-21/h3-9,21H,1-2H3,(H,18,20)/b19-11-. The lowest BCUT2D eigenvalue weighted by Gasteiger charge is -2.11. The van der Waals surface area contributed by atoms with Gasteiger partial charge in [0.2, 0.25) is 0 Å². The van der Waals surface area contributed by atoms with Crippen LogP contribution in [0.1, 0.15) is 28.4 Å². The average Bonchev–Trinajstić information content (AvgIpc) is 2.49. The summed E-state index contributed by atoms with van der Waals surface area (Å²) >= 11 is 0. The zero-order valence-corrected chi connectivity index (χ0v) is 11.7. The van der Waals surface area contributed by atoms with Gasteiger partial charge in [-0.15, -0.1) is 0 Å². The van der Waals surface area contributed by atoms with Gasteiger partial charge in [-0.1, -0.05) is 35.5 Å². The van der Waals surface area contributed by atoms with Crippen molar-refractivity contribution in [2.45, 2.75) is 13.8 Å². The molecule has 0 spiro atoms. The van der Waals surface area contributed by atoms with Gasteiger partial charge in [0, 0.05) is 5.56 Å². The molecule has 0 aromatic heterocycles. The number of rotatable bonds is 3. The lowest BCUT2D eigenvalue weighted by Crippen LogP contribution is -2.16. The fourth-order valence-electron chi connectivity index (χ4n) is 1.97. The second kappa shape index (κ2) is 6.17. The van der Waals surface area contributed by atoms with E-state index in [1.165, 1.54) is 6.07 Å². The first-order valence-electron chi connectivity index (χ1n) is 6.39. The minimum atomic E-state index is -0.547. The maximum atomic E-state index is 14.0. The van der Waals surface area contributed by atoms with Gasteiger partial charge >= 0.3 is 0 Å². The molecule has 5 heteroatoms. The van der Waals surface area contributed by atoms with E-state index in [1.807, 2.05) is 0 Å². The number of nitrogens with zero attached hydrogens (tertiary/aromatic N) is 1. The van der Waals surface area contributed by atoms with E-state index in [1.54, 1.807) is 50.2 Å². The van der Waals surface area contributed by atoms with Crippen molar-refractivity contribution in [3.8, 4) is 0 Å². The van der Waals surface area contributed by atoms with Crippen LogP contribution in [0.4, 0.5) is 10.1 Å². The van der Waals surface area contributed by atoms with E-state index in [9.17, 15) is 9.18 Å². The third-order valence-electron chi connectivity index (χ3n) is 3.15. The summed E-state index contributed by atoms with van der Waals surface area (Å²) < 4.78 is 14.0. The number of hydrogen-bond acceptors (Lipinski definition) is 3. The van der Waals surface area contributed by atoms with Crippen LogP contribution in [-0.2, 0) is 0 Å². The molecule has 108 valence electrons. The minimum Gasteiger partial charge on any atom is -0.411 e. The molecule has 0 radical (unpaired) electrons. The molecule has 21 heavy (non-hydrogen) atoms. The van der Waals surface area contributed by atoms with Gasteiger partial charge in [-0.05, 0) is 31.5 Å². The molecular weight excluding hydrogens is 271 g/mol. The molecule has 2 N–H and O–H groups in total. The highest BCUT2D eigenvalue weighted by Crippen LogP contribution is 2.19. The number of nitrogens with one attached hydrogen (secondary N) is 1. The van der Waals surface area contributed by atoms with Gasteiger partial charge in [-0.25, -0.2) is 4.39 Å². The summed E-state index contributed by atoms with van der Waals surface area (Å²) in [6.07, 6.45) is 0. The fraction of sp³-hybridized carbons (Fsp3) is 0.125. The SMILES string of the molecule is C/C(=N/O)c1ccccc1NC(=O)c1cccc(C)c1F. The molecule has 0 saturated carbocycles.